The lowest BCUT2D eigenvalue weighted by Crippen LogP contribution is -2.17. The molecule has 0 unspecified atom stereocenters. The second-order valence-electron chi connectivity index (χ2n) is 7.06. The number of benzene rings is 1. The fourth-order valence-corrected chi connectivity index (χ4v) is 6.74. The lowest BCUT2D eigenvalue weighted by molar-refractivity contribution is -0.113. The number of thiophene rings is 1. The van der Waals surface area contributed by atoms with Crippen LogP contribution in [-0.2, 0) is 22.4 Å². The van der Waals surface area contributed by atoms with Gasteiger partial charge in [-0.1, -0.05) is 30.8 Å². The Morgan fingerprint density at radius 3 is 2.93 bits per heavy atom. The fourth-order valence-electron chi connectivity index (χ4n) is 3.46. The van der Waals surface area contributed by atoms with Gasteiger partial charge in [0.2, 0.25) is 5.91 Å². The van der Waals surface area contributed by atoms with E-state index in [1.165, 1.54) is 28.0 Å². The van der Waals surface area contributed by atoms with Gasteiger partial charge in [-0.2, -0.15) is 0 Å². The molecule has 0 saturated heterocycles. The molecule has 0 bridgehead atoms. The number of aromatic nitrogens is 1. The summed E-state index contributed by atoms with van der Waals surface area (Å²) in [5.41, 5.74) is 2.56. The predicted molar refractivity (Wildman–Crippen MR) is 120 cm³/mol. The van der Waals surface area contributed by atoms with Gasteiger partial charge in [0.1, 0.15) is 5.00 Å². The number of nitrogens with one attached hydrogen (secondary N) is 1. The van der Waals surface area contributed by atoms with Gasteiger partial charge < -0.3 is 10.1 Å². The Balaban J connectivity index is 1.48. The van der Waals surface area contributed by atoms with Gasteiger partial charge in [0.15, 0.2) is 4.34 Å². The first kappa shape index (κ1) is 20.4. The minimum absolute atomic E-state index is 0.133. The molecule has 0 spiro atoms. The van der Waals surface area contributed by atoms with Crippen molar-refractivity contribution in [1.29, 1.82) is 0 Å². The van der Waals surface area contributed by atoms with Crippen LogP contribution in [0.4, 0.5) is 5.00 Å². The number of hydrogen-bond acceptors (Lipinski definition) is 7. The van der Waals surface area contributed by atoms with Gasteiger partial charge in [0, 0.05) is 4.88 Å². The molecule has 8 heteroatoms. The van der Waals surface area contributed by atoms with Gasteiger partial charge in [-0.3, -0.25) is 4.79 Å². The molecule has 1 N–H and O–H groups in total. The van der Waals surface area contributed by atoms with Crippen LogP contribution in [0.3, 0.4) is 0 Å². The molecule has 4 rings (SSSR count). The van der Waals surface area contributed by atoms with E-state index in [4.69, 9.17) is 4.74 Å². The molecule has 1 amide bonds. The van der Waals surface area contributed by atoms with E-state index >= 15 is 0 Å². The number of thiazole rings is 1. The van der Waals surface area contributed by atoms with Crippen molar-refractivity contribution >= 4 is 61.5 Å². The molecule has 0 fully saturated rings. The minimum atomic E-state index is -0.339. The van der Waals surface area contributed by atoms with Gasteiger partial charge in [-0.25, -0.2) is 9.78 Å². The normalized spacial score (nSPS) is 15.9. The van der Waals surface area contributed by atoms with E-state index in [-0.39, 0.29) is 17.6 Å². The van der Waals surface area contributed by atoms with Gasteiger partial charge in [0.05, 0.1) is 28.1 Å². The standard InChI is InChI=1S/C21H22N2O3S3/c1-3-26-20(25)18-13-9-8-12(2)10-16(13)28-19(18)23-17(24)11-27-21-22-14-6-4-5-7-15(14)29-21/h4-7,12H,3,8-11H2,1-2H3,(H,23,24)/t12-/m0/s1. The molecule has 2 aromatic heterocycles. The van der Waals surface area contributed by atoms with Gasteiger partial charge in [-0.05, 0) is 49.8 Å². The van der Waals surface area contributed by atoms with Crippen molar-refractivity contribution in [3.63, 3.8) is 0 Å². The van der Waals surface area contributed by atoms with Crippen molar-refractivity contribution in [3.05, 3.63) is 40.3 Å². The number of hydrogen-bond donors (Lipinski definition) is 1. The number of thioether (sulfide) groups is 1. The van der Waals surface area contributed by atoms with E-state index in [0.717, 1.165) is 39.4 Å². The summed E-state index contributed by atoms with van der Waals surface area (Å²) in [4.78, 5) is 30.9. The van der Waals surface area contributed by atoms with Crippen molar-refractivity contribution < 1.29 is 14.3 Å². The summed E-state index contributed by atoms with van der Waals surface area (Å²) in [5, 5.41) is 3.58. The Morgan fingerprint density at radius 1 is 1.31 bits per heavy atom. The molecular weight excluding hydrogens is 424 g/mol. The highest BCUT2D eigenvalue weighted by molar-refractivity contribution is 8.01. The first-order chi connectivity index (χ1) is 14.0. The number of amides is 1. The van der Waals surface area contributed by atoms with Crippen LogP contribution in [0.1, 0.15) is 41.1 Å². The average molecular weight is 447 g/mol. The number of rotatable bonds is 6. The fraction of sp³-hybridized carbons (Fsp3) is 0.381. The van der Waals surface area contributed by atoms with E-state index in [2.05, 4.69) is 17.2 Å². The van der Waals surface area contributed by atoms with E-state index in [9.17, 15) is 9.59 Å². The first-order valence-corrected chi connectivity index (χ1v) is 12.3. The molecule has 0 radical (unpaired) electrons. The highest BCUT2D eigenvalue weighted by atomic mass is 32.2. The lowest BCUT2D eigenvalue weighted by Gasteiger charge is -2.18. The average Bonchev–Trinajstić information content (AvgIpc) is 3.26. The van der Waals surface area contributed by atoms with E-state index in [1.54, 1.807) is 18.3 Å². The van der Waals surface area contributed by atoms with Crippen molar-refractivity contribution in [1.82, 2.24) is 4.98 Å². The largest absolute Gasteiger partial charge is 0.462 e. The Kier molecular flexibility index (Phi) is 6.22. The van der Waals surface area contributed by atoms with E-state index in [1.807, 2.05) is 24.3 Å². The minimum Gasteiger partial charge on any atom is -0.462 e. The highest BCUT2D eigenvalue weighted by Gasteiger charge is 2.29. The van der Waals surface area contributed by atoms with Gasteiger partial charge in [-0.15, -0.1) is 22.7 Å². The van der Waals surface area contributed by atoms with Gasteiger partial charge >= 0.3 is 5.97 Å². The third kappa shape index (κ3) is 4.49. The van der Waals surface area contributed by atoms with Crippen molar-refractivity contribution in [2.45, 2.75) is 37.4 Å². The van der Waals surface area contributed by atoms with Crippen LogP contribution in [0, 0.1) is 5.92 Å². The maximum atomic E-state index is 12.6. The molecular formula is C21H22N2O3S3. The van der Waals surface area contributed by atoms with Crippen LogP contribution in [0.2, 0.25) is 0 Å². The summed E-state index contributed by atoms with van der Waals surface area (Å²) in [6.07, 6.45) is 2.86. The number of anilines is 1. The van der Waals surface area contributed by atoms with Crippen LogP contribution >= 0.6 is 34.4 Å². The first-order valence-electron chi connectivity index (χ1n) is 9.65. The lowest BCUT2D eigenvalue weighted by atomic mass is 9.88. The van der Waals surface area contributed by atoms with E-state index in [0.29, 0.717) is 23.1 Å². The Morgan fingerprint density at radius 2 is 2.14 bits per heavy atom. The zero-order valence-corrected chi connectivity index (χ0v) is 18.8. The third-order valence-corrected chi connectivity index (χ3v) is 8.19. The molecule has 2 heterocycles. The third-order valence-electron chi connectivity index (χ3n) is 4.85. The molecule has 1 aromatic carbocycles. The maximum absolute atomic E-state index is 12.6. The predicted octanol–water partition coefficient (Wildman–Crippen LogP) is 5.39. The van der Waals surface area contributed by atoms with Crippen molar-refractivity contribution in [2.75, 3.05) is 17.7 Å². The number of carbonyl (C=O) groups excluding carboxylic acids is 2. The van der Waals surface area contributed by atoms with Crippen LogP contribution in [-0.4, -0.2) is 29.2 Å². The Hall–Kier alpha value is -1.90. The quantitative estimate of drug-likeness (QED) is 0.406. The molecule has 1 aliphatic rings. The van der Waals surface area contributed by atoms with Crippen LogP contribution in [0.15, 0.2) is 28.6 Å². The smallest absolute Gasteiger partial charge is 0.341 e. The zero-order valence-electron chi connectivity index (χ0n) is 16.3. The molecule has 1 aliphatic carbocycles. The number of para-hydroxylation sites is 1. The molecule has 1 atom stereocenters. The monoisotopic (exact) mass is 446 g/mol. The van der Waals surface area contributed by atoms with Gasteiger partial charge in [0.25, 0.3) is 0 Å². The summed E-state index contributed by atoms with van der Waals surface area (Å²) in [5.74, 6) is 0.371. The second kappa shape index (κ2) is 8.85. The topological polar surface area (TPSA) is 68.3 Å². The van der Waals surface area contributed by atoms with E-state index < -0.39 is 0 Å². The number of esters is 1. The SMILES string of the molecule is CCOC(=O)c1c(NC(=O)CSc2nc3ccccc3s2)sc2c1CC[C@H](C)C2. The number of nitrogens with zero attached hydrogens (tertiary/aromatic N) is 1. The summed E-state index contributed by atoms with van der Waals surface area (Å²) in [6.45, 7) is 4.34. The molecule has 0 saturated carbocycles. The number of carbonyl (C=O) groups is 2. The maximum Gasteiger partial charge on any atom is 0.341 e. The second-order valence-corrected chi connectivity index (χ2v) is 10.4. The summed E-state index contributed by atoms with van der Waals surface area (Å²) < 4.78 is 7.25. The number of fused-ring (bicyclic) bond motifs is 2. The van der Waals surface area contributed by atoms with Crippen LogP contribution < -0.4 is 5.32 Å². The molecule has 5 nitrogen and oxygen atoms in total. The molecule has 29 heavy (non-hydrogen) atoms. The zero-order chi connectivity index (χ0) is 20.4. The molecule has 152 valence electrons. The number of ether oxygens (including phenoxy) is 1. The Labute approximate surface area is 181 Å². The highest BCUT2D eigenvalue weighted by Crippen LogP contribution is 2.40. The van der Waals surface area contributed by atoms with Crippen molar-refractivity contribution in [3.8, 4) is 0 Å². The van der Waals surface area contributed by atoms with Crippen LogP contribution in [0.5, 0.6) is 0 Å². The summed E-state index contributed by atoms with van der Waals surface area (Å²) in [6, 6.07) is 7.94. The molecule has 0 aliphatic heterocycles. The van der Waals surface area contributed by atoms with Crippen LogP contribution in [0.25, 0.3) is 10.2 Å². The summed E-state index contributed by atoms with van der Waals surface area (Å²) in [7, 11) is 0. The summed E-state index contributed by atoms with van der Waals surface area (Å²) >= 11 is 4.52. The van der Waals surface area contributed by atoms with Crippen molar-refractivity contribution in [2.24, 2.45) is 5.92 Å². The Bertz CT molecular complexity index is 1020. The molecule has 3 aromatic rings.